The first kappa shape index (κ1) is 9.00. The Bertz CT molecular complexity index is 250. The summed E-state index contributed by atoms with van der Waals surface area (Å²) in [5.74, 6) is 0. The Kier molecular flexibility index (Phi) is 3.05. The van der Waals surface area contributed by atoms with E-state index >= 15 is 0 Å². The van der Waals surface area contributed by atoms with Crippen LogP contribution in [0.1, 0.15) is 5.69 Å². The summed E-state index contributed by atoms with van der Waals surface area (Å²) >= 11 is 0. The van der Waals surface area contributed by atoms with Crippen molar-refractivity contribution < 1.29 is 5.11 Å². The maximum absolute atomic E-state index is 8.71. The number of aliphatic hydroxyl groups excluding tert-OH is 1. The van der Waals surface area contributed by atoms with Gasteiger partial charge in [0.25, 0.3) is 0 Å². The summed E-state index contributed by atoms with van der Waals surface area (Å²) in [6.07, 6.45) is 1.78. The minimum Gasteiger partial charge on any atom is -0.395 e. The molecule has 0 radical (unpaired) electrons. The minimum absolute atomic E-state index is 0.178. The molecule has 0 spiro atoms. The van der Waals surface area contributed by atoms with Crippen molar-refractivity contribution in [3.63, 3.8) is 0 Å². The van der Waals surface area contributed by atoms with Gasteiger partial charge in [0, 0.05) is 31.2 Å². The molecule has 3 heteroatoms. The highest BCUT2D eigenvalue weighted by molar-refractivity contribution is 5.45. The van der Waals surface area contributed by atoms with Gasteiger partial charge in [-0.15, -0.1) is 0 Å². The Labute approximate surface area is 72.7 Å². The first-order valence-electron chi connectivity index (χ1n) is 3.98. The minimum atomic E-state index is 0.178. The zero-order chi connectivity index (χ0) is 8.97. The molecule has 1 heterocycles. The first-order chi connectivity index (χ1) is 5.74. The fraction of sp³-hybridized carbons (Fsp3) is 0.444. The van der Waals surface area contributed by atoms with Crippen molar-refractivity contribution in [1.82, 2.24) is 4.98 Å². The number of aliphatic hydroxyl groups is 1. The van der Waals surface area contributed by atoms with Crippen LogP contribution in [0.15, 0.2) is 18.3 Å². The average Bonchev–Trinajstić information content (AvgIpc) is 2.05. The fourth-order valence-electron chi connectivity index (χ4n) is 1.05. The van der Waals surface area contributed by atoms with Crippen LogP contribution in [0, 0.1) is 6.92 Å². The molecule has 1 aromatic heterocycles. The van der Waals surface area contributed by atoms with Crippen LogP contribution >= 0.6 is 0 Å². The number of rotatable bonds is 3. The lowest BCUT2D eigenvalue weighted by atomic mass is 10.3. The lowest BCUT2D eigenvalue weighted by molar-refractivity contribution is 0.304. The van der Waals surface area contributed by atoms with Gasteiger partial charge in [0.2, 0.25) is 0 Å². The number of hydrogen-bond acceptors (Lipinski definition) is 3. The van der Waals surface area contributed by atoms with Crippen molar-refractivity contribution >= 4 is 5.69 Å². The second-order valence-corrected chi connectivity index (χ2v) is 2.80. The maximum atomic E-state index is 8.71. The lowest BCUT2D eigenvalue weighted by Gasteiger charge is -2.17. The summed E-state index contributed by atoms with van der Waals surface area (Å²) in [4.78, 5) is 6.09. The molecule has 0 unspecified atom stereocenters. The topological polar surface area (TPSA) is 36.4 Å². The molecule has 1 rings (SSSR count). The summed E-state index contributed by atoms with van der Waals surface area (Å²) in [6, 6.07) is 3.93. The van der Waals surface area contributed by atoms with E-state index in [0.717, 1.165) is 11.4 Å². The normalized spacial score (nSPS) is 9.92. The average molecular weight is 166 g/mol. The molecule has 0 amide bonds. The largest absolute Gasteiger partial charge is 0.395 e. The molecule has 0 fully saturated rings. The molecule has 0 saturated carbocycles. The second-order valence-electron chi connectivity index (χ2n) is 2.80. The summed E-state index contributed by atoms with van der Waals surface area (Å²) < 4.78 is 0. The molecule has 0 aliphatic heterocycles. The van der Waals surface area contributed by atoms with E-state index in [4.69, 9.17) is 5.11 Å². The van der Waals surface area contributed by atoms with E-state index in [2.05, 4.69) is 4.98 Å². The molecule has 0 bridgehead atoms. The van der Waals surface area contributed by atoms with E-state index in [1.165, 1.54) is 0 Å². The van der Waals surface area contributed by atoms with Gasteiger partial charge in [-0.1, -0.05) is 0 Å². The molecule has 0 aliphatic carbocycles. The van der Waals surface area contributed by atoms with Gasteiger partial charge in [0.1, 0.15) is 0 Å². The highest BCUT2D eigenvalue weighted by Gasteiger charge is 1.98. The number of aromatic nitrogens is 1. The number of likely N-dealkylation sites (N-methyl/N-ethyl adjacent to an activating group) is 1. The monoisotopic (exact) mass is 166 g/mol. The molecule has 3 nitrogen and oxygen atoms in total. The molecule has 0 aromatic carbocycles. The van der Waals surface area contributed by atoms with E-state index in [1.807, 2.05) is 31.0 Å². The maximum Gasteiger partial charge on any atom is 0.0606 e. The third-order valence-corrected chi connectivity index (χ3v) is 1.76. The van der Waals surface area contributed by atoms with Crippen LogP contribution in [-0.2, 0) is 0 Å². The van der Waals surface area contributed by atoms with Crippen LogP contribution in [0.25, 0.3) is 0 Å². The van der Waals surface area contributed by atoms with Crippen molar-refractivity contribution in [3.05, 3.63) is 24.0 Å². The number of hydrogen-bond donors (Lipinski definition) is 1. The van der Waals surface area contributed by atoms with E-state index in [9.17, 15) is 0 Å². The van der Waals surface area contributed by atoms with E-state index in [0.29, 0.717) is 6.54 Å². The highest BCUT2D eigenvalue weighted by atomic mass is 16.3. The van der Waals surface area contributed by atoms with Crippen LogP contribution in [0.5, 0.6) is 0 Å². The summed E-state index contributed by atoms with van der Waals surface area (Å²) in [5, 5.41) is 8.71. The predicted molar refractivity (Wildman–Crippen MR) is 49.3 cm³/mol. The standard InChI is InChI=1S/C9H14N2O/c1-8-7-9(3-4-10-8)11(2)5-6-12/h3-4,7,12H,5-6H2,1-2H3. The molecule has 0 saturated heterocycles. The van der Waals surface area contributed by atoms with E-state index in [-0.39, 0.29) is 6.61 Å². The molecule has 66 valence electrons. The quantitative estimate of drug-likeness (QED) is 0.722. The SMILES string of the molecule is Cc1cc(N(C)CCO)ccn1. The van der Waals surface area contributed by atoms with Crippen molar-refractivity contribution in [2.45, 2.75) is 6.92 Å². The van der Waals surface area contributed by atoms with Crippen LogP contribution in [-0.4, -0.2) is 30.3 Å². The number of aryl methyl sites for hydroxylation is 1. The van der Waals surface area contributed by atoms with Crippen LogP contribution < -0.4 is 4.90 Å². The lowest BCUT2D eigenvalue weighted by Crippen LogP contribution is -2.21. The Hall–Kier alpha value is -1.09. The molecular weight excluding hydrogens is 152 g/mol. The van der Waals surface area contributed by atoms with Crippen molar-refractivity contribution in [2.75, 3.05) is 25.1 Å². The molecule has 0 aliphatic rings. The molecule has 0 atom stereocenters. The van der Waals surface area contributed by atoms with Crippen LogP contribution in [0.2, 0.25) is 0 Å². The number of nitrogens with zero attached hydrogens (tertiary/aromatic N) is 2. The van der Waals surface area contributed by atoms with Gasteiger partial charge >= 0.3 is 0 Å². The smallest absolute Gasteiger partial charge is 0.0606 e. The zero-order valence-electron chi connectivity index (χ0n) is 7.49. The van der Waals surface area contributed by atoms with Crippen molar-refractivity contribution in [3.8, 4) is 0 Å². The van der Waals surface area contributed by atoms with Gasteiger partial charge < -0.3 is 10.0 Å². The third kappa shape index (κ3) is 2.20. The summed E-state index contributed by atoms with van der Waals surface area (Å²) in [5.41, 5.74) is 2.09. The van der Waals surface area contributed by atoms with Gasteiger partial charge in [-0.05, 0) is 19.1 Å². The van der Waals surface area contributed by atoms with Gasteiger partial charge in [-0.25, -0.2) is 0 Å². The Morgan fingerprint density at radius 3 is 2.92 bits per heavy atom. The van der Waals surface area contributed by atoms with Crippen molar-refractivity contribution in [1.29, 1.82) is 0 Å². The number of anilines is 1. The van der Waals surface area contributed by atoms with Crippen LogP contribution in [0.4, 0.5) is 5.69 Å². The summed E-state index contributed by atoms with van der Waals surface area (Å²) in [6.45, 7) is 2.79. The van der Waals surface area contributed by atoms with Crippen molar-refractivity contribution in [2.24, 2.45) is 0 Å². The molecule has 12 heavy (non-hydrogen) atoms. The Morgan fingerprint density at radius 2 is 2.33 bits per heavy atom. The van der Waals surface area contributed by atoms with Crippen LogP contribution in [0.3, 0.4) is 0 Å². The van der Waals surface area contributed by atoms with Gasteiger partial charge in [-0.3, -0.25) is 4.98 Å². The van der Waals surface area contributed by atoms with E-state index < -0.39 is 0 Å². The fourth-order valence-corrected chi connectivity index (χ4v) is 1.05. The summed E-state index contributed by atoms with van der Waals surface area (Å²) in [7, 11) is 1.95. The van der Waals surface area contributed by atoms with Gasteiger partial charge in [0.15, 0.2) is 0 Å². The first-order valence-corrected chi connectivity index (χ1v) is 3.98. The van der Waals surface area contributed by atoms with Gasteiger partial charge in [0.05, 0.1) is 6.61 Å². The Balaban J connectivity index is 2.73. The highest BCUT2D eigenvalue weighted by Crippen LogP contribution is 2.11. The molecule has 1 aromatic rings. The second kappa shape index (κ2) is 4.07. The van der Waals surface area contributed by atoms with E-state index in [1.54, 1.807) is 6.20 Å². The zero-order valence-corrected chi connectivity index (χ0v) is 7.49. The number of pyridine rings is 1. The van der Waals surface area contributed by atoms with Gasteiger partial charge in [-0.2, -0.15) is 0 Å². The third-order valence-electron chi connectivity index (χ3n) is 1.76. The molecular formula is C9H14N2O. The predicted octanol–water partition coefficient (Wildman–Crippen LogP) is 0.819. The Morgan fingerprint density at radius 1 is 1.58 bits per heavy atom. The molecule has 1 N–H and O–H groups in total.